The molecule has 4 nitrogen and oxygen atoms in total. The van der Waals surface area contributed by atoms with Crippen molar-refractivity contribution in [3.63, 3.8) is 0 Å². The highest BCUT2D eigenvalue weighted by Gasteiger charge is 2.19. The van der Waals surface area contributed by atoms with Gasteiger partial charge in [-0.1, -0.05) is 24.6 Å². The summed E-state index contributed by atoms with van der Waals surface area (Å²) < 4.78 is 20.1. The summed E-state index contributed by atoms with van der Waals surface area (Å²) in [6.07, 6.45) is 3.89. The first-order valence-corrected chi connectivity index (χ1v) is 8.47. The third kappa shape index (κ3) is 4.05. The third-order valence-electron chi connectivity index (χ3n) is 4.31. The Kier molecular flexibility index (Phi) is 5.43. The van der Waals surface area contributed by atoms with E-state index in [-0.39, 0.29) is 5.91 Å². The second-order valence-electron chi connectivity index (χ2n) is 6.10. The molecule has 0 fully saturated rings. The van der Waals surface area contributed by atoms with Crippen molar-refractivity contribution in [3.8, 4) is 16.9 Å². The van der Waals surface area contributed by atoms with Gasteiger partial charge in [-0.05, 0) is 49.1 Å². The molecular weight excluding hydrogens is 321 g/mol. The monoisotopic (exact) mass is 341 g/mol. The van der Waals surface area contributed by atoms with Crippen LogP contribution in [0.2, 0.25) is 0 Å². The molecule has 0 aromatic heterocycles. The van der Waals surface area contributed by atoms with E-state index in [0.29, 0.717) is 35.5 Å². The molecule has 2 aromatic rings. The molecule has 1 atom stereocenters. The molecule has 0 saturated heterocycles. The number of aldehydes is 1. The summed E-state index contributed by atoms with van der Waals surface area (Å²) in [5, 5.41) is 2.74. The molecule has 1 unspecified atom stereocenters. The van der Waals surface area contributed by atoms with Crippen molar-refractivity contribution in [1.29, 1.82) is 0 Å². The molecule has 1 amide bonds. The number of hydrogen-bond acceptors (Lipinski definition) is 3. The normalized spacial score (nSPS) is 18.3. The van der Waals surface area contributed by atoms with Gasteiger partial charge in [-0.3, -0.25) is 4.79 Å². The minimum absolute atomic E-state index is 0.308. The van der Waals surface area contributed by atoms with E-state index in [1.165, 1.54) is 6.07 Å². The van der Waals surface area contributed by atoms with Gasteiger partial charge in [0.05, 0.1) is 12.6 Å². The number of carbonyl (C=O) groups excluding carboxylic acids is 2. The van der Waals surface area contributed by atoms with E-state index in [1.54, 1.807) is 36.4 Å². The van der Waals surface area contributed by atoms with E-state index in [9.17, 15) is 14.0 Å². The lowest BCUT2D eigenvalue weighted by molar-refractivity contribution is -0.109. The van der Waals surface area contributed by atoms with E-state index in [4.69, 9.17) is 4.74 Å². The first kappa shape index (κ1) is 17.1. The molecule has 1 aliphatic rings. The summed E-state index contributed by atoms with van der Waals surface area (Å²) in [5.41, 5.74) is 1.12. The molecule has 130 valence electrons. The molecule has 0 aliphatic carbocycles. The minimum atomic E-state index is -0.541. The number of rotatable bonds is 1. The molecule has 0 spiro atoms. The van der Waals surface area contributed by atoms with Crippen molar-refractivity contribution in [2.24, 2.45) is 0 Å². The maximum atomic E-state index is 14.4. The van der Waals surface area contributed by atoms with Gasteiger partial charge in [-0.15, -0.1) is 0 Å². The Bertz CT molecular complexity index is 775. The summed E-state index contributed by atoms with van der Waals surface area (Å²) in [6, 6.07) is 10.8. The van der Waals surface area contributed by atoms with Crippen LogP contribution in [0.4, 0.5) is 4.39 Å². The largest absolute Gasteiger partial charge is 0.494 e. The second kappa shape index (κ2) is 7.92. The van der Waals surface area contributed by atoms with E-state index >= 15 is 0 Å². The highest BCUT2D eigenvalue weighted by atomic mass is 19.1. The Balaban J connectivity index is 2.05. The van der Waals surface area contributed by atoms with E-state index in [1.807, 2.05) is 0 Å². The van der Waals surface area contributed by atoms with E-state index < -0.39 is 11.9 Å². The van der Waals surface area contributed by atoms with Crippen molar-refractivity contribution < 1.29 is 18.7 Å². The first-order chi connectivity index (χ1) is 12.2. The van der Waals surface area contributed by atoms with Gasteiger partial charge >= 0.3 is 0 Å². The smallest absolute Gasteiger partial charge is 0.252 e. The number of nitrogens with one attached hydrogen (secondary N) is 1. The zero-order chi connectivity index (χ0) is 17.6. The van der Waals surface area contributed by atoms with Gasteiger partial charge in [0, 0.05) is 11.1 Å². The summed E-state index contributed by atoms with van der Waals surface area (Å²) >= 11 is 0. The lowest BCUT2D eigenvalue weighted by Gasteiger charge is -2.17. The number of halogens is 1. The van der Waals surface area contributed by atoms with Crippen LogP contribution in [0.15, 0.2) is 42.5 Å². The molecule has 0 radical (unpaired) electrons. The van der Waals surface area contributed by atoms with Crippen molar-refractivity contribution in [3.05, 3.63) is 53.8 Å². The Labute approximate surface area is 146 Å². The van der Waals surface area contributed by atoms with Crippen molar-refractivity contribution >= 4 is 12.2 Å². The molecule has 5 heteroatoms. The molecule has 1 heterocycles. The predicted octanol–water partition coefficient (Wildman–Crippen LogP) is 3.74. The summed E-state index contributed by atoms with van der Waals surface area (Å²) in [7, 11) is 0. The number of benzene rings is 2. The summed E-state index contributed by atoms with van der Waals surface area (Å²) in [5.74, 6) is -0.225. The first-order valence-electron chi connectivity index (χ1n) is 8.47. The molecule has 25 heavy (non-hydrogen) atoms. The van der Waals surface area contributed by atoms with Gasteiger partial charge in [-0.25, -0.2) is 4.39 Å². The quantitative estimate of drug-likeness (QED) is 0.804. The average molecular weight is 341 g/mol. The van der Waals surface area contributed by atoms with Gasteiger partial charge in [0.15, 0.2) is 0 Å². The fourth-order valence-electron chi connectivity index (χ4n) is 2.97. The third-order valence-corrected chi connectivity index (χ3v) is 4.31. The molecule has 0 saturated carbocycles. The number of ether oxygens (including phenoxy) is 1. The second-order valence-corrected chi connectivity index (χ2v) is 6.10. The number of carbonyl (C=O) groups is 2. The fourth-order valence-corrected chi connectivity index (χ4v) is 2.97. The van der Waals surface area contributed by atoms with Crippen LogP contribution >= 0.6 is 0 Å². The number of fused-ring (bicyclic) bond motifs is 4. The highest BCUT2D eigenvalue weighted by molar-refractivity contribution is 6.02. The number of hydrogen-bond donors (Lipinski definition) is 1. The number of amides is 1. The lowest BCUT2D eigenvalue weighted by atomic mass is 9.98. The van der Waals surface area contributed by atoms with Gasteiger partial charge in [0.1, 0.15) is 17.9 Å². The maximum absolute atomic E-state index is 14.4. The lowest BCUT2D eigenvalue weighted by Crippen LogP contribution is -2.36. The van der Waals surface area contributed by atoms with Crippen LogP contribution in [0.25, 0.3) is 11.1 Å². The topological polar surface area (TPSA) is 55.4 Å². The van der Waals surface area contributed by atoms with Gasteiger partial charge in [0.2, 0.25) is 0 Å². The average Bonchev–Trinajstić information content (AvgIpc) is 2.64. The predicted molar refractivity (Wildman–Crippen MR) is 93.1 cm³/mol. The minimum Gasteiger partial charge on any atom is -0.494 e. The molecule has 2 bridgehead atoms. The molecule has 1 aliphatic heterocycles. The fraction of sp³-hybridized carbons (Fsp3) is 0.300. The Morgan fingerprint density at radius 3 is 2.64 bits per heavy atom. The molecule has 2 aromatic carbocycles. The Morgan fingerprint density at radius 2 is 1.84 bits per heavy atom. The summed E-state index contributed by atoms with van der Waals surface area (Å²) in [4.78, 5) is 23.9. The van der Waals surface area contributed by atoms with Crippen LogP contribution in [0.1, 0.15) is 36.0 Å². The highest BCUT2D eigenvalue weighted by Crippen LogP contribution is 2.30. The summed E-state index contributed by atoms with van der Waals surface area (Å²) in [6.45, 7) is 0.533. The van der Waals surface area contributed by atoms with Gasteiger partial charge in [-0.2, -0.15) is 0 Å². The van der Waals surface area contributed by atoms with Crippen LogP contribution in [0.3, 0.4) is 0 Å². The standard InChI is InChI=1S/C20H20FNO3/c21-19-10-9-15-12-18(19)16-7-3-4-8-17(16)20(24)22-14(13-23)6-2-1-5-11-25-15/h3-4,7-10,12-14H,1-2,5-6,11H2,(H,22,24). The van der Waals surface area contributed by atoms with Crippen LogP contribution in [0.5, 0.6) is 5.75 Å². The Hall–Kier alpha value is -2.69. The zero-order valence-corrected chi connectivity index (χ0v) is 13.8. The van der Waals surface area contributed by atoms with Crippen LogP contribution < -0.4 is 10.1 Å². The van der Waals surface area contributed by atoms with E-state index in [2.05, 4.69) is 5.32 Å². The molecule has 3 rings (SSSR count). The van der Waals surface area contributed by atoms with Crippen molar-refractivity contribution in [2.75, 3.05) is 6.61 Å². The molecule has 1 N–H and O–H groups in total. The van der Waals surface area contributed by atoms with Gasteiger partial charge < -0.3 is 14.8 Å². The maximum Gasteiger partial charge on any atom is 0.252 e. The van der Waals surface area contributed by atoms with Crippen LogP contribution in [-0.4, -0.2) is 24.8 Å². The zero-order valence-electron chi connectivity index (χ0n) is 13.8. The van der Waals surface area contributed by atoms with E-state index in [0.717, 1.165) is 25.5 Å². The van der Waals surface area contributed by atoms with Crippen molar-refractivity contribution in [1.82, 2.24) is 5.32 Å². The van der Waals surface area contributed by atoms with Crippen LogP contribution in [-0.2, 0) is 4.79 Å². The van der Waals surface area contributed by atoms with Gasteiger partial charge in [0.25, 0.3) is 5.91 Å². The molecular formula is C20H20FNO3. The van der Waals surface area contributed by atoms with Crippen LogP contribution in [0, 0.1) is 5.82 Å². The SMILES string of the molecule is O=CC1CCCCCOc2ccc(F)c(c2)-c2ccccc2C(=O)N1. The van der Waals surface area contributed by atoms with Crippen molar-refractivity contribution in [2.45, 2.75) is 31.7 Å². The Morgan fingerprint density at radius 1 is 1.04 bits per heavy atom.